The van der Waals surface area contributed by atoms with Gasteiger partial charge in [-0.1, -0.05) is 146 Å². The summed E-state index contributed by atoms with van der Waals surface area (Å²) < 4.78 is 6.51. The highest BCUT2D eigenvalue weighted by Gasteiger charge is 2.28. The second-order valence-corrected chi connectivity index (χ2v) is 14.4. The highest BCUT2D eigenvalue weighted by molar-refractivity contribution is 6.20. The van der Waals surface area contributed by atoms with E-state index in [2.05, 4.69) is 132 Å². The fourth-order valence-corrected chi connectivity index (χ4v) is 8.72. The minimum absolute atomic E-state index is 0.557. The van der Waals surface area contributed by atoms with E-state index in [0.717, 1.165) is 66.5 Å². The highest BCUT2D eigenvalue weighted by Crippen LogP contribution is 2.53. The van der Waals surface area contributed by atoms with Gasteiger partial charge in [0.25, 0.3) is 0 Å². The van der Waals surface area contributed by atoms with Crippen LogP contribution >= 0.6 is 0 Å². The predicted molar refractivity (Wildman–Crippen MR) is 230 cm³/mol. The molecule has 0 fully saturated rings. The number of fused-ring (bicyclic) bond motifs is 8. The molecule has 1 aliphatic heterocycles. The lowest BCUT2D eigenvalue weighted by molar-refractivity contribution is 0.669. The molecule has 0 saturated heterocycles. The maximum atomic E-state index is 6.51. The number of benzene rings is 9. The molecule has 0 N–H and O–H groups in total. The number of para-hydroxylation sites is 2. The topological polar surface area (TPSA) is 55.1 Å². The predicted octanol–water partition coefficient (Wildman–Crippen LogP) is 13.7. The van der Waals surface area contributed by atoms with Crippen molar-refractivity contribution in [1.82, 2.24) is 15.0 Å². The summed E-state index contributed by atoms with van der Waals surface area (Å²) in [6.45, 7) is 0. The first-order valence-corrected chi connectivity index (χ1v) is 18.9. The number of hydrogen-bond acceptors (Lipinski definition) is 5. The minimum atomic E-state index is 0.557. The van der Waals surface area contributed by atoms with Crippen molar-refractivity contribution in [3.63, 3.8) is 0 Å². The van der Waals surface area contributed by atoms with Gasteiger partial charge in [-0.15, -0.1) is 0 Å². The van der Waals surface area contributed by atoms with Crippen molar-refractivity contribution in [2.45, 2.75) is 0 Å². The third-order valence-electron chi connectivity index (χ3n) is 11.2. The molecule has 5 heteroatoms. The molecular weight excluding hydrogens is 685 g/mol. The second kappa shape index (κ2) is 11.9. The minimum Gasteiger partial charge on any atom is -0.455 e. The first kappa shape index (κ1) is 30.8. The highest BCUT2D eigenvalue weighted by atomic mass is 16.3. The van der Waals surface area contributed by atoms with Crippen molar-refractivity contribution >= 4 is 71.3 Å². The van der Waals surface area contributed by atoms with Gasteiger partial charge >= 0.3 is 0 Å². The Morgan fingerprint density at radius 3 is 1.91 bits per heavy atom. The van der Waals surface area contributed by atoms with E-state index in [1.807, 2.05) is 54.6 Å². The largest absolute Gasteiger partial charge is 0.455 e. The molecule has 0 unspecified atom stereocenters. The Bertz CT molecular complexity index is 3380. The summed E-state index contributed by atoms with van der Waals surface area (Å²) in [7, 11) is 0. The van der Waals surface area contributed by atoms with E-state index in [4.69, 9.17) is 19.4 Å². The molecule has 0 spiro atoms. The molecule has 0 aliphatic carbocycles. The standard InChI is InChI=1S/C51H30N4O/c1-2-14-33(15-3-1)49-52-50(41-24-12-22-39-38-21-8-9-26-45(38)56-48(39)41)54-51(53-49)42-30-35(29-34-16-5-6-19-36(34)42)55-43-25-11-18-32-17-10-23-40(46(32)43)47-37-20-7-4-13-31(37)27-28-44(47)55/h1-30H. The lowest BCUT2D eigenvalue weighted by atomic mass is 9.87. The van der Waals surface area contributed by atoms with Crippen molar-refractivity contribution < 1.29 is 4.42 Å². The number of hydrogen-bond donors (Lipinski definition) is 0. The van der Waals surface area contributed by atoms with Crippen molar-refractivity contribution in [2.24, 2.45) is 0 Å². The van der Waals surface area contributed by atoms with Crippen molar-refractivity contribution in [1.29, 1.82) is 0 Å². The molecule has 2 aromatic heterocycles. The van der Waals surface area contributed by atoms with Crippen LogP contribution in [0.4, 0.5) is 17.1 Å². The molecule has 56 heavy (non-hydrogen) atoms. The Hall–Kier alpha value is -7.63. The van der Waals surface area contributed by atoms with Gasteiger partial charge in [0, 0.05) is 38.5 Å². The normalized spacial score (nSPS) is 12.2. The number of aromatic nitrogens is 3. The fraction of sp³-hybridized carbons (Fsp3) is 0. The van der Waals surface area contributed by atoms with Gasteiger partial charge in [-0.3, -0.25) is 0 Å². The number of furan rings is 1. The zero-order chi connectivity index (χ0) is 36.7. The molecule has 5 nitrogen and oxygen atoms in total. The molecule has 12 rings (SSSR count). The van der Waals surface area contributed by atoms with Crippen molar-refractivity contribution in [2.75, 3.05) is 4.90 Å². The molecule has 0 radical (unpaired) electrons. The van der Waals surface area contributed by atoms with E-state index in [9.17, 15) is 0 Å². The molecule has 9 aromatic carbocycles. The Morgan fingerprint density at radius 2 is 1.04 bits per heavy atom. The average molecular weight is 715 g/mol. The first-order valence-electron chi connectivity index (χ1n) is 18.9. The van der Waals surface area contributed by atoms with Crippen molar-refractivity contribution in [3.8, 4) is 45.3 Å². The monoisotopic (exact) mass is 714 g/mol. The molecular formula is C51H30N4O. The lowest BCUT2D eigenvalue weighted by Crippen LogP contribution is -2.15. The second-order valence-electron chi connectivity index (χ2n) is 14.4. The van der Waals surface area contributed by atoms with Crippen LogP contribution in [-0.2, 0) is 0 Å². The van der Waals surface area contributed by atoms with Crippen LogP contribution < -0.4 is 4.90 Å². The van der Waals surface area contributed by atoms with Gasteiger partial charge in [-0.05, 0) is 68.9 Å². The summed E-state index contributed by atoms with van der Waals surface area (Å²) in [6, 6.07) is 64.0. The van der Waals surface area contributed by atoms with Crippen LogP contribution in [0.25, 0.3) is 99.5 Å². The van der Waals surface area contributed by atoms with E-state index >= 15 is 0 Å². The van der Waals surface area contributed by atoms with Crippen LogP contribution in [0, 0.1) is 0 Å². The summed E-state index contributed by atoms with van der Waals surface area (Å²) in [5.74, 6) is 1.75. The van der Waals surface area contributed by atoms with Crippen LogP contribution in [0.3, 0.4) is 0 Å². The Morgan fingerprint density at radius 1 is 0.393 bits per heavy atom. The molecule has 0 atom stereocenters. The lowest BCUT2D eigenvalue weighted by Gasteiger charge is -2.34. The summed E-state index contributed by atoms with van der Waals surface area (Å²) in [6.07, 6.45) is 0. The molecule has 0 amide bonds. The average Bonchev–Trinajstić information content (AvgIpc) is 3.65. The van der Waals surface area contributed by atoms with Crippen LogP contribution in [-0.4, -0.2) is 15.0 Å². The molecule has 1 aliphatic rings. The number of nitrogens with zero attached hydrogens (tertiary/aromatic N) is 4. The summed E-state index contributed by atoms with van der Waals surface area (Å²) in [5.41, 5.74) is 10.0. The fourth-order valence-electron chi connectivity index (χ4n) is 8.72. The SMILES string of the molecule is c1ccc(-c2nc(-c3cc(N4c5ccc6ccccc6c5-c5cccc6cccc4c56)cc4ccccc34)nc(-c3cccc4c3oc3ccccc34)n2)cc1. The van der Waals surface area contributed by atoms with Gasteiger partial charge in [0.15, 0.2) is 17.5 Å². The molecule has 0 saturated carbocycles. The third-order valence-corrected chi connectivity index (χ3v) is 11.2. The van der Waals surface area contributed by atoms with Gasteiger partial charge in [0.2, 0.25) is 0 Å². The number of rotatable bonds is 4. The zero-order valence-corrected chi connectivity index (χ0v) is 30.0. The maximum Gasteiger partial charge on any atom is 0.167 e. The zero-order valence-electron chi connectivity index (χ0n) is 30.0. The van der Waals surface area contributed by atoms with Crippen molar-refractivity contribution in [3.05, 3.63) is 182 Å². The first-order chi connectivity index (χ1) is 27.8. The summed E-state index contributed by atoms with van der Waals surface area (Å²) in [5, 5.41) is 9.13. The smallest absolute Gasteiger partial charge is 0.167 e. The van der Waals surface area contributed by atoms with E-state index in [0.29, 0.717) is 17.5 Å². The number of anilines is 3. The summed E-state index contributed by atoms with van der Waals surface area (Å²) >= 11 is 0. The van der Waals surface area contributed by atoms with E-state index < -0.39 is 0 Å². The van der Waals surface area contributed by atoms with Gasteiger partial charge in [0.1, 0.15) is 11.2 Å². The van der Waals surface area contributed by atoms with Gasteiger partial charge in [-0.25, -0.2) is 15.0 Å². The van der Waals surface area contributed by atoms with Crippen LogP contribution in [0.1, 0.15) is 0 Å². The Kier molecular flexibility index (Phi) is 6.56. The molecule has 11 aromatic rings. The van der Waals surface area contributed by atoms with Crippen LogP contribution in [0.2, 0.25) is 0 Å². The molecule has 260 valence electrons. The van der Waals surface area contributed by atoms with Gasteiger partial charge < -0.3 is 9.32 Å². The van der Waals surface area contributed by atoms with E-state index in [1.54, 1.807) is 0 Å². The molecule has 3 heterocycles. The Labute approximate surface area is 321 Å². The van der Waals surface area contributed by atoms with Crippen LogP contribution in [0.5, 0.6) is 0 Å². The van der Waals surface area contributed by atoms with E-state index in [-0.39, 0.29) is 0 Å². The van der Waals surface area contributed by atoms with E-state index in [1.165, 1.54) is 32.7 Å². The maximum absolute atomic E-state index is 6.51. The van der Waals surface area contributed by atoms with Gasteiger partial charge in [0.05, 0.1) is 16.9 Å². The van der Waals surface area contributed by atoms with Gasteiger partial charge in [-0.2, -0.15) is 0 Å². The molecule has 0 bridgehead atoms. The third kappa shape index (κ3) is 4.58. The summed E-state index contributed by atoms with van der Waals surface area (Å²) in [4.78, 5) is 18.1. The Balaban J connectivity index is 1.14. The quantitative estimate of drug-likeness (QED) is 0.182. The van der Waals surface area contributed by atoms with Crippen LogP contribution in [0.15, 0.2) is 186 Å².